The van der Waals surface area contributed by atoms with Gasteiger partial charge < -0.3 is 15.5 Å². The number of rotatable bonds is 4. The van der Waals surface area contributed by atoms with E-state index in [9.17, 15) is 9.59 Å². The van der Waals surface area contributed by atoms with Crippen LogP contribution in [0.1, 0.15) is 33.4 Å². The van der Waals surface area contributed by atoms with E-state index >= 15 is 0 Å². The van der Waals surface area contributed by atoms with Gasteiger partial charge in [-0.05, 0) is 42.0 Å². The summed E-state index contributed by atoms with van der Waals surface area (Å²) in [5, 5.41) is 1.87. The minimum absolute atomic E-state index is 0.0245. The molecule has 0 aliphatic carbocycles. The molecule has 6 heteroatoms. The topological polar surface area (TPSA) is 66.6 Å². The van der Waals surface area contributed by atoms with E-state index in [1.807, 2.05) is 34.5 Å². The summed E-state index contributed by atoms with van der Waals surface area (Å²) in [6, 6.07) is 10.9. The molecule has 2 N–H and O–H groups in total. The Labute approximate surface area is 152 Å². The van der Waals surface area contributed by atoms with Gasteiger partial charge in [0, 0.05) is 20.1 Å². The number of hydrogen-bond donors (Lipinski definition) is 1. The summed E-state index contributed by atoms with van der Waals surface area (Å²) in [6.07, 6.45) is 0.904. The van der Waals surface area contributed by atoms with Crippen molar-refractivity contribution in [3.63, 3.8) is 0 Å². The van der Waals surface area contributed by atoms with Crippen LogP contribution in [0.25, 0.3) is 0 Å². The molecular weight excluding hydrogens is 334 g/mol. The van der Waals surface area contributed by atoms with E-state index in [2.05, 4.69) is 6.92 Å². The maximum atomic E-state index is 13.0. The quantitative estimate of drug-likeness (QED) is 0.915. The van der Waals surface area contributed by atoms with Crippen LogP contribution in [0.3, 0.4) is 0 Å². The highest BCUT2D eigenvalue weighted by Gasteiger charge is 2.36. The van der Waals surface area contributed by atoms with Crippen LogP contribution in [0, 0.1) is 5.41 Å². The fourth-order valence-electron chi connectivity index (χ4n) is 3.16. The highest BCUT2D eigenvalue weighted by molar-refractivity contribution is 7.12. The summed E-state index contributed by atoms with van der Waals surface area (Å²) in [4.78, 5) is 29.7. The molecule has 1 aliphatic rings. The van der Waals surface area contributed by atoms with E-state index in [-0.39, 0.29) is 17.2 Å². The summed E-state index contributed by atoms with van der Waals surface area (Å²) >= 11 is 1.40. The van der Waals surface area contributed by atoms with Crippen molar-refractivity contribution in [1.29, 1.82) is 0 Å². The molecule has 2 amide bonds. The number of likely N-dealkylation sites (tertiary alicyclic amines) is 1. The van der Waals surface area contributed by atoms with Crippen molar-refractivity contribution in [2.45, 2.75) is 13.3 Å². The Morgan fingerprint density at radius 1 is 1.28 bits per heavy atom. The van der Waals surface area contributed by atoms with Crippen LogP contribution < -0.4 is 10.6 Å². The van der Waals surface area contributed by atoms with E-state index in [0.29, 0.717) is 35.8 Å². The van der Waals surface area contributed by atoms with Gasteiger partial charge in [-0.25, -0.2) is 0 Å². The second kappa shape index (κ2) is 6.98. The van der Waals surface area contributed by atoms with Gasteiger partial charge in [0.2, 0.25) is 0 Å². The first-order chi connectivity index (χ1) is 11.9. The average molecular weight is 357 g/mol. The smallest absolute Gasteiger partial charge is 0.268 e. The van der Waals surface area contributed by atoms with Crippen LogP contribution in [0.4, 0.5) is 5.69 Å². The van der Waals surface area contributed by atoms with Gasteiger partial charge in [-0.1, -0.05) is 25.1 Å². The number of para-hydroxylation sites is 1. The van der Waals surface area contributed by atoms with Crippen molar-refractivity contribution < 1.29 is 9.59 Å². The average Bonchev–Trinajstić information content (AvgIpc) is 3.30. The Hall–Kier alpha value is -2.18. The lowest BCUT2D eigenvalue weighted by atomic mass is 9.90. The molecule has 1 aromatic heterocycles. The number of carbonyl (C=O) groups excluding carboxylic acids is 2. The first-order valence-corrected chi connectivity index (χ1v) is 9.23. The number of thiophene rings is 1. The highest BCUT2D eigenvalue weighted by Crippen LogP contribution is 2.31. The Morgan fingerprint density at radius 2 is 2.04 bits per heavy atom. The lowest BCUT2D eigenvalue weighted by Gasteiger charge is -2.25. The van der Waals surface area contributed by atoms with Gasteiger partial charge in [0.25, 0.3) is 11.8 Å². The van der Waals surface area contributed by atoms with Crippen LogP contribution in [0.15, 0.2) is 41.8 Å². The third-order valence-electron chi connectivity index (χ3n) is 4.87. The van der Waals surface area contributed by atoms with Crippen LogP contribution in [0.5, 0.6) is 0 Å². The molecular formula is C19H23N3O2S. The minimum Gasteiger partial charge on any atom is -0.338 e. The lowest BCUT2D eigenvalue weighted by molar-refractivity contribution is 0.0777. The largest absolute Gasteiger partial charge is 0.338 e. The molecule has 2 heterocycles. The Bertz CT molecular complexity index is 775. The predicted octanol–water partition coefficient (Wildman–Crippen LogP) is 2.84. The molecule has 25 heavy (non-hydrogen) atoms. The lowest BCUT2D eigenvalue weighted by Crippen LogP contribution is -2.35. The standard InChI is InChI=1S/C19H23N3O2S/c1-19(12-20)9-10-22(13-19)17(23)14-6-3-4-7-15(14)21(2)18(24)16-8-5-11-25-16/h3-8,11H,9-10,12-13,20H2,1-2H3. The van der Waals surface area contributed by atoms with Gasteiger partial charge in [0.1, 0.15) is 0 Å². The number of hydrogen-bond acceptors (Lipinski definition) is 4. The molecule has 1 aliphatic heterocycles. The molecule has 0 saturated carbocycles. The zero-order chi connectivity index (χ0) is 18.0. The fraction of sp³-hybridized carbons (Fsp3) is 0.368. The zero-order valence-corrected chi connectivity index (χ0v) is 15.4. The molecule has 1 unspecified atom stereocenters. The van der Waals surface area contributed by atoms with Crippen molar-refractivity contribution in [2.24, 2.45) is 11.1 Å². The van der Waals surface area contributed by atoms with E-state index in [1.54, 1.807) is 24.1 Å². The molecule has 3 rings (SSSR count). The summed E-state index contributed by atoms with van der Waals surface area (Å²) in [5.41, 5.74) is 7.01. The summed E-state index contributed by atoms with van der Waals surface area (Å²) in [7, 11) is 1.71. The molecule has 0 spiro atoms. The summed E-state index contributed by atoms with van der Waals surface area (Å²) < 4.78 is 0. The number of benzene rings is 1. The second-order valence-electron chi connectivity index (χ2n) is 6.85. The fourth-order valence-corrected chi connectivity index (χ4v) is 3.85. The summed E-state index contributed by atoms with van der Waals surface area (Å²) in [6.45, 7) is 4.02. The molecule has 1 saturated heterocycles. The minimum atomic E-state index is -0.108. The number of nitrogens with zero attached hydrogens (tertiary/aromatic N) is 2. The van der Waals surface area contributed by atoms with Crippen LogP contribution in [-0.4, -0.2) is 43.4 Å². The van der Waals surface area contributed by atoms with Crippen LogP contribution in [-0.2, 0) is 0 Å². The van der Waals surface area contributed by atoms with E-state index in [4.69, 9.17) is 5.73 Å². The van der Waals surface area contributed by atoms with Crippen molar-refractivity contribution in [3.8, 4) is 0 Å². The number of carbonyl (C=O) groups is 2. The van der Waals surface area contributed by atoms with Crippen LogP contribution in [0.2, 0.25) is 0 Å². The molecule has 1 fully saturated rings. The molecule has 2 aromatic rings. The van der Waals surface area contributed by atoms with Crippen molar-refractivity contribution in [1.82, 2.24) is 4.90 Å². The Morgan fingerprint density at radius 3 is 2.68 bits per heavy atom. The maximum Gasteiger partial charge on any atom is 0.268 e. The van der Waals surface area contributed by atoms with Gasteiger partial charge in [-0.15, -0.1) is 11.3 Å². The SMILES string of the molecule is CN(C(=O)c1cccs1)c1ccccc1C(=O)N1CCC(C)(CN)C1. The van der Waals surface area contributed by atoms with Gasteiger partial charge in [0.05, 0.1) is 16.1 Å². The van der Waals surface area contributed by atoms with E-state index in [0.717, 1.165) is 6.42 Å². The molecule has 132 valence electrons. The Kier molecular flexibility index (Phi) is 4.92. The third-order valence-corrected chi connectivity index (χ3v) is 5.73. The van der Waals surface area contributed by atoms with E-state index in [1.165, 1.54) is 11.3 Å². The first kappa shape index (κ1) is 17.6. The number of amides is 2. The molecule has 1 atom stereocenters. The molecule has 5 nitrogen and oxygen atoms in total. The van der Waals surface area contributed by atoms with Crippen molar-refractivity contribution >= 4 is 28.8 Å². The number of anilines is 1. The zero-order valence-electron chi connectivity index (χ0n) is 14.6. The second-order valence-corrected chi connectivity index (χ2v) is 7.80. The van der Waals surface area contributed by atoms with Gasteiger partial charge in [-0.2, -0.15) is 0 Å². The van der Waals surface area contributed by atoms with Crippen LogP contribution >= 0.6 is 11.3 Å². The molecule has 1 aromatic carbocycles. The van der Waals surface area contributed by atoms with Gasteiger partial charge >= 0.3 is 0 Å². The number of nitrogens with two attached hydrogens (primary N) is 1. The van der Waals surface area contributed by atoms with Crippen molar-refractivity contribution in [3.05, 3.63) is 52.2 Å². The third kappa shape index (κ3) is 3.45. The van der Waals surface area contributed by atoms with Gasteiger partial charge in [-0.3, -0.25) is 9.59 Å². The monoisotopic (exact) mass is 357 g/mol. The first-order valence-electron chi connectivity index (χ1n) is 8.35. The highest BCUT2D eigenvalue weighted by atomic mass is 32.1. The molecule has 0 radical (unpaired) electrons. The van der Waals surface area contributed by atoms with E-state index < -0.39 is 0 Å². The normalized spacial score (nSPS) is 19.9. The maximum absolute atomic E-state index is 13.0. The molecule has 0 bridgehead atoms. The van der Waals surface area contributed by atoms with Crippen molar-refractivity contribution in [2.75, 3.05) is 31.6 Å². The predicted molar refractivity (Wildman–Crippen MR) is 101 cm³/mol. The summed E-state index contributed by atoms with van der Waals surface area (Å²) in [5.74, 6) is -0.151. The Balaban J connectivity index is 1.86. The van der Waals surface area contributed by atoms with Gasteiger partial charge in [0.15, 0.2) is 0 Å².